The summed E-state index contributed by atoms with van der Waals surface area (Å²) >= 11 is 0. The van der Waals surface area contributed by atoms with Gasteiger partial charge in [-0.05, 0) is 13.0 Å². The van der Waals surface area contributed by atoms with Crippen LogP contribution in [0.4, 0.5) is 0 Å². The second kappa shape index (κ2) is 4.40. The molecule has 0 saturated heterocycles. The summed E-state index contributed by atoms with van der Waals surface area (Å²) in [5.74, 6) is 0. The Kier molecular flexibility index (Phi) is 3.98. The summed E-state index contributed by atoms with van der Waals surface area (Å²) < 4.78 is 4.60. The molecule has 0 aliphatic heterocycles. The smallest absolute Gasteiger partial charge is 0.216 e. The van der Waals surface area contributed by atoms with Crippen molar-refractivity contribution in [3.63, 3.8) is 0 Å². The van der Waals surface area contributed by atoms with E-state index in [-0.39, 0.29) is 0 Å². The van der Waals surface area contributed by atoms with Crippen molar-refractivity contribution in [2.45, 2.75) is 13.2 Å². The Balaban J connectivity index is 3.23. The molecule has 0 aromatic carbocycles. The molecule has 0 aromatic rings. The summed E-state index contributed by atoms with van der Waals surface area (Å²) in [5.41, 5.74) is 0. The Bertz CT molecular complexity index is 86.5. The Labute approximate surface area is 49.1 Å². The highest BCUT2D eigenvalue weighted by atomic mass is 16.6. The van der Waals surface area contributed by atoms with E-state index in [1.807, 2.05) is 0 Å². The van der Waals surface area contributed by atoms with Gasteiger partial charge in [0.1, 0.15) is 0 Å². The van der Waals surface area contributed by atoms with Crippen LogP contribution in [0.15, 0.2) is 25.0 Å². The molecule has 1 N–H and O–H groups in total. The molecule has 8 heavy (non-hydrogen) atoms. The summed E-state index contributed by atoms with van der Waals surface area (Å²) in [7, 11) is 0. The molecule has 1 unspecified atom stereocenters. The largest absolute Gasteiger partial charge is 0.469 e. The third-order valence-corrected chi connectivity index (χ3v) is 0.556. The van der Waals surface area contributed by atoms with Gasteiger partial charge in [0.25, 0.3) is 0 Å². The van der Waals surface area contributed by atoms with Crippen LogP contribution in [0.25, 0.3) is 0 Å². The third kappa shape index (κ3) is 3.43. The lowest BCUT2D eigenvalue weighted by Gasteiger charge is -2.01. The molecule has 2 nitrogen and oxygen atoms in total. The van der Waals surface area contributed by atoms with Crippen molar-refractivity contribution < 1.29 is 9.84 Å². The third-order valence-electron chi connectivity index (χ3n) is 0.556. The van der Waals surface area contributed by atoms with Gasteiger partial charge in [-0.3, -0.25) is 0 Å². The molecule has 2 heteroatoms. The van der Waals surface area contributed by atoms with E-state index in [1.165, 1.54) is 12.3 Å². The molecule has 0 aliphatic rings. The first-order valence-electron chi connectivity index (χ1n) is 2.38. The molecule has 46 valence electrons. The second-order valence-corrected chi connectivity index (χ2v) is 1.23. The number of aliphatic hydroxyl groups excluding tert-OH is 1. The van der Waals surface area contributed by atoms with Crippen LogP contribution < -0.4 is 0 Å². The van der Waals surface area contributed by atoms with Gasteiger partial charge in [-0.2, -0.15) is 0 Å². The van der Waals surface area contributed by atoms with Crippen LogP contribution >= 0.6 is 0 Å². The standard InChI is InChI=1S/C6H10O2/c1-3-5-8-6(7)4-2/h3-7H,2H2,1H3. The number of aliphatic hydroxyl groups is 1. The average molecular weight is 114 g/mol. The Morgan fingerprint density at radius 3 is 2.75 bits per heavy atom. The maximum Gasteiger partial charge on any atom is 0.216 e. The molecule has 0 heterocycles. The predicted molar refractivity (Wildman–Crippen MR) is 32.1 cm³/mol. The molecular formula is C6H10O2. The number of rotatable bonds is 3. The molecule has 0 bridgehead atoms. The lowest BCUT2D eigenvalue weighted by Crippen LogP contribution is -2.01. The van der Waals surface area contributed by atoms with Crippen molar-refractivity contribution in [2.24, 2.45) is 0 Å². The number of ether oxygens (including phenoxy) is 1. The maximum atomic E-state index is 8.60. The minimum Gasteiger partial charge on any atom is -0.469 e. The fourth-order valence-corrected chi connectivity index (χ4v) is 0.215. The van der Waals surface area contributed by atoms with Crippen molar-refractivity contribution in [3.05, 3.63) is 25.0 Å². The van der Waals surface area contributed by atoms with Crippen molar-refractivity contribution in [1.29, 1.82) is 0 Å². The molecule has 0 rings (SSSR count). The summed E-state index contributed by atoms with van der Waals surface area (Å²) in [5, 5.41) is 8.60. The second-order valence-electron chi connectivity index (χ2n) is 1.23. The molecule has 0 aliphatic carbocycles. The van der Waals surface area contributed by atoms with Crippen LogP contribution in [0.1, 0.15) is 6.92 Å². The van der Waals surface area contributed by atoms with Crippen molar-refractivity contribution in [1.82, 2.24) is 0 Å². The van der Waals surface area contributed by atoms with E-state index in [4.69, 9.17) is 5.11 Å². The van der Waals surface area contributed by atoms with Crippen LogP contribution in [0.3, 0.4) is 0 Å². The van der Waals surface area contributed by atoms with Crippen LogP contribution in [0, 0.1) is 0 Å². The zero-order valence-electron chi connectivity index (χ0n) is 4.87. The van der Waals surface area contributed by atoms with E-state index < -0.39 is 6.29 Å². The molecule has 0 saturated carbocycles. The van der Waals surface area contributed by atoms with E-state index in [9.17, 15) is 0 Å². The minimum atomic E-state index is -0.869. The van der Waals surface area contributed by atoms with Crippen LogP contribution in [-0.4, -0.2) is 11.4 Å². The molecule has 0 radical (unpaired) electrons. The van der Waals surface area contributed by atoms with E-state index in [1.54, 1.807) is 13.0 Å². The lowest BCUT2D eigenvalue weighted by molar-refractivity contribution is -0.0109. The molecule has 0 amide bonds. The fourth-order valence-electron chi connectivity index (χ4n) is 0.215. The fraction of sp³-hybridized carbons (Fsp3) is 0.333. The summed E-state index contributed by atoms with van der Waals surface area (Å²) in [6.07, 6.45) is 3.53. The molecule has 0 spiro atoms. The molecule has 0 aromatic heterocycles. The van der Waals surface area contributed by atoms with Gasteiger partial charge in [-0.15, -0.1) is 0 Å². The maximum absolute atomic E-state index is 8.60. The monoisotopic (exact) mass is 114 g/mol. The lowest BCUT2D eigenvalue weighted by atomic mass is 10.6. The summed E-state index contributed by atoms with van der Waals surface area (Å²) in [6.45, 7) is 5.11. The Morgan fingerprint density at radius 2 is 2.38 bits per heavy atom. The van der Waals surface area contributed by atoms with Crippen molar-refractivity contribution in [2.75, 3.05) is 0 Å². The molecular weight excluding hydrogens is 104 g/mol. The van der Waals surface area contributed by atoms with Gasteiger partial charge in [-0.1, -0.05) is 12.7 Å². The first-order valence-corrected chi connectivity index (χ1v) is 2.38. The van der Waals surface area contributed by atoms with E-state index in [0.717, 1.165) is 0 Å². The van der Waals surface area contributed by atoms with Gasteiger partial charge in [0.05, 0.1) is 6.26 Å². The SMILES string of the molecule is C=CC(O)OC=CC. The van der Waals surface area contributed by atoms with Gasteiger partial charge in [-0.25, -0.2) is 0 Å². The molecule has 1 atom stereocenters. The van der Waals surface area contributed by atoms with Crippen molar-refractivity contribution in [3.8, 4) is 0 Å². The molecule has 0 fully saturated rings. The van der Waals surface area contributed by atoms with Gasteiger partial charge in [0.2, 0.25) is 6.29 Å². The van der Waals surface area contributed by atoms with Crippen LogP contribution in [0.2, 0.25) is 0 Å². The van der Waals surface area contributed by atoms with Crippen molar-refractivity contribution >= 4 is 0 Å². The Morgan fingerprint density at radius 1 is 1.75 bits per heavy atom. The highest BCUT2D eigenvalue weighted by Crippen LogP contribution is 1.86. The number of hydrogen-bond acceptors (Lipinski definition) is 2. The first-order chi connectivity index (χ1) is 3.81. The quantitative estimate of drug-likeness (QED) is 0.337. The zero-order valence-corrected chi connectivity index (χ0v) is 4.87. The summed E-state index contributed by atoms with van der Waals surface area (Å²) in [4.78, 5) is 0. The number of allylic oxidation sites excluding steroid dienone is 1. The highest BCUT2D eigenvalue weighted by Gasteiger charge is 1.88. The van der Waals surface area contributed by atoms with E-state index in [2.05, 4.69) is 11.3 Å². The normalized spacial score (nSPS) is 13.8. The van der Waals surface area contributed by atoms with Gasteiger partial charge < -0.3 is 9.84 Å². The Hall–Kier alpha value is -0.760. The zero-order chi connectivity index (χ0) is 6.41. The van der Waals surface area contributed by atoms with Crippen LogP contribution in [-0.2, 0) is 4.74 Å². The topological polar surface area (TPSA) is 29.5 Å². The van der Waals surface area contributed by atoms with E-state index >= 15 is 0 Å². The van der Waals surface area contributed by atoms with Gasteiger partial charge in [0, 0.05) is 0 Å². The number of hydrogen-bond donors (Lipinski definition) is 1. The predicted octanol–water partition coefficient (Wildman–Crippen LogP) is 1.04. The first kappa shape index (κ1) is 7.24. The highest BCUT2D eigenvalue weighted by molar-refractivity contribution is 4.74. The van der Waals surface area contributed by atoms with E-state index in [0.29, 0.717) is 0 Å². The average Bonchev–Trinajstić information content (AvgIpc) is 1.83. The van der Waals surface area contributed by atoms with Crippen LogP contribution in [0.5, 0.6) is 0 Å². The minimum absolute atomic E-state index is 0.869. The van der Waals surface area contributed by atoms with Gasteiger partial charge >= 0.3 is 0 Å². The van der Waals surface area contributed by atoms with Gasteiger partial charge in [0.15, 0.2) is 0 Å². The summed E-state index contributed by atoms with van der Waals surface area (Å²) in [6, 6.07) is 0.